The van der Waals surface area contributed by atoms with Crippen molar-refractivity contribution >= 4 is 28.3 Å². The smallest absolute Gasteiger partial charge is 0.380 e. The van der Waals surface area contributed by atoms with Gasteiger partial charge in [0.05, 0.1) is 24.7 Å². The van der Waals surface area contributed by atoms with Crippen LogP contribution in [0.2, 0.25) is 0 Å². The number of nitro groups is 1. The summed E-state index contributed by atoms with van der Waals surface area (Å²) in [5.41, 5.74) is 0.936. The number of hydrogen-bond acceptors (Lipinski definition) is 7. The predicted octanol–water partition coefficient (Wildman–Crippen LogP) is 3.02. The zero-order valence-corrected chi connectivity index (χ0v) is 15.1. The first-order chi connectivity index (χ1) is 13.4. The Hall–Kier alpha value is -3.88. The second kappa shape index (κ2) is 7.78. The Balaban J connectivity index is 1.76. The van der Waals surface area contributed by atoms with Crippen LogP contribution in [0.25, 0.3) is 10.9 Å². The number of nitrogens with one attached hydrogen (secondary N) is 1. The van der Waals surface area contributed by atoms with E-state index in [-0.39, 0.29) is 23.2 Å². The van der Waals surface area contributed by atoms with Gasteiger partial charge in [-0.3, -0.25) is 14.9 Å². The van der Waals surface area contributed by atoms with Gasteiger partial charge in [-0.2, -0.15) is 0 Å². The topological polar surface area (TPSA) is 121 Å². The molecule has 0 amide bonds. The number of aromatic amines is 1. The Morgan fingerprint density at radius 1 is 1.07 bits per heavy atom. The van der Waals surface area contributed by atoms with Crippen molar-refractivity contribution in [1.29, 1.82) is 0 Å². The lowest BCUT2D eigenvalue weighted by atomic mass is 10.1. The standard InChI is InChI=1S/C19H16N2O7/c1-26-16-6-3-11(7-17(16)27-2)10-28-19(23)18(22)14-9-20-15-5-4-12(21(24)25)8-13(14)15/h3-9,20H,10H2,1-2H3. The van der Waals surface area contributed by atoms with E-state index in [1.165, 1.54) is 38.6 Å². The Kier molecular flexibility index (Phi) is 5.25. The van der Waals surface area contributed by atoms with E-state index in [1.807, 2.05) is 0 Å². The average molecular weight is 384 g/mol. The van der Waals surface area contributed by atoms with Gasteiger partial charge in [-0.05, 0) is 23.8 Å². The minimum Gasteiger partial charge on any atom is -0.493 e. The highest BCUT2D eigenvalue weighted by atomic mass is 16.6. The summed E-state index contributed by atoms with van der Waals surface area (Å²) < 4.78 is 15.4. The Morgan fingerprint density at radius 3 is 2.50 bits per heavy atom. The molecule has 9 heteroatoms. The molecule has 1 N–H and O–H groups in total. The number of Topliss-reactive ketones (excluding diaryl/α,β-unsaturated/α-hetero) is 1. The molecule has 3 aromatic rings. The summed E-state index contributed by atoms with van der Waals surface area (Å²) in [5.74, 6) is -0.977. The quantitative estimate of drug-likeness (QED) is 0.218. The van der Waals surface area contributed by atoms with E-state index in [4.69, 9.17) is 14.2 Å². The molecule has 0 saturated carbocycles. The van der Waals surface area contributed by atoms with Crippen molar-refractivity contribution in [2.45, 2.75) is 6.61 Å². The first-order valence-corrected chi connectivity index (χ1v) is 8.12. The van der Waals surface area contributed by atoms with Crippen molar-refractivity contribution in [1.82, 2.24) is 4.98 Å². The van der Waals surface area contributed by atoms with Crippen LogP contribution in [0.15, 0.2) is 42.6 Å². The van der Waals surface area contributed by atoms with Gasteiger partial charge in [-0.1, -0.05) is 6.07 Å². The minimum absolute atomic E-state index is 0.0102. The van der Waals surface area contributed by atoms with E-state index >= 15 is 0 Å². The zero-order valence-electron chi connectivity index (χ0n) is 15.1. The van der Waals surface area contributed by atoms with Crippen LogP contribution in [0, 0.1) is 10.1 Å². The monoisotopic (exact) mass is 384 g/mol. The third-order valence-electron chi connectivity index (χ3n) is 4.12. The normalized spacial score (nSPS) is 10.5. The number of rotatable bonds is 7. The molecule has 1 heterocycles. The van der Waals surface area contributed by atoms with E-state index in [0.717, 1.165) is 0 Å². The molecule has 0 atom stereocenters. The second-order valence-corrected chi connectivity index (χ2v) is 5.78. The molecule has 0 fully saturated rings. The molecular formula is C19H16N2O7. The number of nitro benzene ring substituents is 1. The van der Waals surface area contributed by atoms with Gasteiger partial charge in [-0.25, -0.2) is 4.79 Å². The number of H-pyrrole nitrogens is 1. The minimum atomic E-state index is -1.07. The molecule has 0 aliphatic carbocycles. The number of carbonyl (C=O) groups excluding carboxylic acids is 2. The van der Waals surface area contributed by atoms with Crippen molar-refractivity contribution in [2.75, 3.05) is 14.2 Å². The van der Waals surface area contributed by atoms with Crippen molar-refractivity contribution < 1.29 is 28.7 Å². The van der Waals surface area contributed by atoms with Crippen molar-refractivity contribution in [3.63, 3.8) is 0 Å². The number of ether oxygens (including phenoxy) is 3. The summed E-state index contributed by atoms with van der Waals surface area (Å²) in [7, 11) is 2.98. The third-order valence-corrected chi connectivity index (χ3v) is 4.12. The lowest BCUT2D eigenvalue weighted by Crippen LogP contribution is -2.17. The van der Waals surface area contributed by atoms with Gasteiger partial charge in [-0.15, -0.1) is 0 Å². The summed E-state index contributed by atoms with van der Waals surface area (Å²) >= 11 is 0. The molecule has 0 unspecified atom stereocenters. The molecule has 3 rings (SSSR count). The first-order valence-electron chi connectivity index (χ1n) is 8.12. The summed E-state index contributed by atoms with van der Waals surface area (Å²) in [6, 6.07) is 8.98. The molecule has 1 aromatic heterocycles. The van der Waals surface area contributed by atoms with Crippen molar-refractivity contribution in [3.8, 4) is 11.5 Å². The van der Waals surface area contributed by atoms with E-state index in [9.17, 15) is 19.7 Å². The molecular weight excluding hydrogens is 368 g/mol. The SMILES string of the molecule is COc1ccc(COC(=O)C(=O)c2c[nH]c3ccc([N+](=O)[O-])cc23)cc1OC. The molecule has 0 bridgehead atoms. The Morgan fingerprint density at radius 2 is 1.82 bits per heavy atom. The second-order valence-electron chi connectivity index (χ2n) is 5.78. The van der Waals surface area contributed by atoms with Crippen LogP contribution in [-0.2, 0) is 16.1 Å². The molecule has 0 radical (unpaired) electrons. The van der Waals surface area contributed by atoms with Crippen LogP contribution in [0.3, 0.4) is 0 Å². The molecule has 144 valence electrons. The maximum atomic E-state index is 12.4. The number of non-ortho nitro benzene ring substituents is 1. The number of fused-ring (bicyclic) bond motifs is 1. The highest BCUT2D eigenvalue weighted by molar-refractivity contribution is 6.43. The highest BCUT2D eigenvalue weighted by Crippen LogP contribution is 2.28. The predicted molar refractivity (Wildman–Crippen MR) is 98.6 cm³/mol. The van der Waals surface area contributed by atoms with Crippen molar-refractivity contribution in [2.24, 2.45) is 0 Å². The number of nitrogens with zero attached hydrogens (tertiary/aromatic N) is 1. The largest absolute Gasteiger partial charge is 0.493 e. The van der Waals surface area contributed by atoms with E-state index in [0.29, 0.717) is 22.6 Å². The fourth-order valence-corrected chi connectivity index (χ4v) is 2.70. The van der Waals surface area contributed by atoms with E-state index < -0.39 is 16.7 Å². The maximum Gasteiger partial charge on any atom is 0.380 e. The van der Waals surface area contributed by atoms with Gasteiger partial charge < -0.3 is 19.2 Å². The Bertz CT molecular complexity index is 1070. The van der Waals surface area contributed by atoms with E-state index in [2.05, 4.69) is 4.98 Å². The molecule has 0 saturated heterocycles. The zero-order chi connectivity index (χ0) is 20.3. The van der Waals surface area contributed by atoms with Gasteiger partial charge in [0.2, 0.25) is 0 Å². The average Bonchev–Trinajstić information content (AvgIpc) is 3.14. The first kappa shape index (κ1) is 18.9. The third kappa shape index (κ3) is 3.63. The highest BCUT2D eigenvalue weighted by Gasteiger charge is 2.23. The van der Waals surface area contributed by atoms with Gasteiger partial charge in [0.15, 0.2) is 11.5 Å². The number of aromatic nitrogens is 1. The number of hydrogen-bond donors (Lipinski definition) is 1. The van der Waals surface area contributed by atoms with Crippen LogP contribution in [0.1, 0.15) is 15.9 Å². The molecule has 0 aliphatic rings. The molecule has 0 aliphatic heterocycles. The van der Waals surface area contributed by atoms with E-state index in [1.54, 1.807) is 18.2 Å². The van der Waals surface area contributed by atoms with Crippen LogP contribution in [0.5, 0.6) is 11.5 Å². The fourth-order valence-electron chi connectivity index (χ4n) is 2.70. The molecule has 28 heavy (non-hydrogen) atoms. The van der Waals surface area contributed by atoms with Crippen LogP contribution >= 0.6 is 0 Å². The molecule has 9 nitrogen and oxygen atoms in total. The van der Waals surface area contributed by atoms with Crippen molar-refractivity contribution in [3.05, 3.63) is 63.8 Å². The van der Waals surface area contributed by atoms with Gasteiger partial charge >= 0.3 is 5.97 Å². The Labute approximate surface area is 159 Å². The van der Waals surface area contributed by atoms with Gasteiger partial charge in [0.25, 0.3) is 11.5 Å². The number of esters is 1. The lowest BCUT2D eigenvalue weighted by Gasteiger charge is -2.09. The van der Waals surface area contributed by atoms with Crippen LogP contribution in [-0.4, -0.2) is 35.9 Å². The summed E-state index contributed by atoms with van der Waals surface area (Å²) in [4.78, 5) is 37.8. The fraction of sp³-hybridized carbons (Fsp3) is 0.158. The van der Waals surface area contributed by atoms with Crippen LogP contribution < -0.4 is 9.47 Å². The maximum absolute atomic E-state index is 12.4. The molecule has 2 aromatic carbocycles. The summed E-state index contributed by atoms with van der Waals surface area (Å²) in [6.07, 6.45) is 1.33. The van der Waals surface area contributed by atoms with Crippen LogP contribution in [0.4, 0.5) is 5.69 Å². The number of methoxy groups -OCH3 is 2. The summed E-state index contributed by atoms with van der Waals surface area (Å²) in [5, 5.41) is 11.2. The molecule has 0 spiro atoms. The number of benzene rings is 2. The lowest BCUT2D eigenvalue weighted by molar-refractivity contribution is -0.384. The number of carbonyl (C=O) groups is 2. The summed E-state index contributed by atoms with van der Waals surface area (Å²) in [6.45, 7) is -0.145. The number of ketones is 1. The van der Waals surface area contributed by atoms with Gasteiger partial charge in [0.1, 0.15) is 6.61 Å². The van der Waals surface area contributed by atoms with Gasteiger partial charge in [0, 0.05) is 29.2 Å².